The molecular formula is C12H36N2Si4+. The van der Waals surface area contributed by atoms with Crippen molar-refractivity contribution >= 4 is 32.9 Å². The van der Waals surface area contributed by atoms with E-state index >= 15 is 0 Å². The molecule has 0 bridgehead atoms. The van der Waals surface area contributed by atoms with Crippen LogP contribution in [0.25, 0.3) is 0 Å². The summed E-state index contributed by atoms with van der Waals surface area (Å²) in [6, 6.07) is 0. The second-order valence-corrected chi connectivity index (χ2v) is 29.3. The van der Waals surface area contributed by atoms with E-state index < -0.39 is 32.9 Å². The van der Waals surface area contributed by atoms with E-state index in [1.54, 1.807) is 0 Å². The van der Waals surface area contributed by atoms with Gasteiger partial charge in [-0.3, -0.25) is 0 Å². The average Bonchev–Trinajstić information content (AvgIpc) is 1.89. The lowest BCUT2D eigenvalue weighted by molar-refractivity contribution is 0.469. The molecule has 0 aliphatic heterocycles. The van der Waals surface area contributed by atoms with Crippen molar-refractivity contribution in [2.75, 3.05) is 0 Å². The zero-order valence-corrected chi connectivity index (χ0v) is 18.9. The summed E-state index contributed by atoms with van der Waals surface area (Å²) in [5.74, 6) is 0. The van der Waals surface area contributed by atoms with Gasteiger partial charge < -0.3 is 0 Å². The molecule has 0 aromatic carbocycles. The highest BCUT2D eigenvalue weighted by atomic mass is 28.4. The predicted molar refractivity (Wildman–Crippen MR) is 97.4 cm³/mol. The Kier molecular flexibility index (Phi) is 5.52. The summed E-state index contributed by atoms with van der Waals surface area (Å²) >= 11 is 0. The molecule has 0 unspecified atom stereocenters. The Morgan fingerprint density at radius 1 is 0.500 bits per heavy atom. The summed E-state index contributed by atoms with van der Waals surface area (Å²) in [6.07, 6.45) is 0. The molecule has 109 valence electrons. The fraction of sp³-hybridized carbons (Fsp3) is 1.00. The molecule has 0 saturated heterocycles. The lowest BCUT2D eigenvalue weighted by atomic mass is 11.8. The average molecular weight is 321 g/mol. The Labute approximate surface area is 120 Å². The van der Waals surface area contributed by atoms with Crippen LogP contribution >= 0.6 is 0 Å². The molecule has 0 aromatic rings. The van der Waals surface area contributed by atoms with Gasteiger partial charge in [-0.05, 0) is 39.3 Å². The Morgan fingerprint density at radius 3 is 0.778 bits per heavy atom. The molecule has 0 fully saturated rings. The molecule has 0 aliphatic rings. The summed E-state index contributed by atoms with van der Waals surface area (Å²) < 4.78 is 5.89. The Morgan fingerprint density at radius 2 is 0.722 bits per heavy atom. The molecule has 0 spiro atoms. The molecule has 0 saturated carbocycles. The number of hydrogen-bond donors (Lipinski definition) is 0. The first-order valence-electron chi connectivity index (χ1n) is 7.09. The fourth-order valence-corrected chi connectivity index (χ4v) is 28.9. The van der Waals surface area contributed by atoms with Crippen LogP contribution in [0.15, 0.2) is 0 Å². The van der Waals surface area contributed by atoms with Crippen LogP contribution in [-0.4, -0.2) is 37.3 Å². The van der Waals surface area contributed by atoms with Crippen molar-refractivity contribution < 1.29 is 0 Å². The summed E-state index contributed by atoms with van der Waals surface area (Å²) in [7, 11) is -5.26. The molecule has 2 nitrogen and oxygen atoms in total. The maximum atomic E-state index is 2.94. The van der Waals surface area contributed by atoms with Crippen molar-refractivity contribution in [1.29, 1.82) is 0 Å². The SMILES string of the molecule is C[Si](C)(C)N([N+]([Si](C)(C)C)[Si](C)(C)C)[Si](C)(C)C. The first-order valence-corrected chi connectivity index (χ1v) is 20.9. The molecule has 1 radical (unpaired) electrons. The maximum absolute atomic E-state index is 2.94. The van der Waals surface area contributed by atoms with E-state index in [2.05, 4.69) is 87.2 Å². The van der Waals surface area contributed by atoms with Crippen LogP contribution in [0.1, 0.15) is 0 Å². The first-order chi connectivity index (χ1) is 7.49. The van der Waals surface area contributed by atoms with Gasteiger partial charge in [-0.2, -0.15) is 0 Å². The van der Waals surface area contributed by atoms with E-state index in [4.69, 9.17) is 0 Å². The van der Waals surface area contributed by atoms with E-state index in [1.807, 2.05) is 0 Å². The third kappa shape index (κ3) is 5.05. The van der Waals surface area contributed by atoms with Gasteiger partial charge in [-0.25, -0.2) is 8.68 Å². The minimum atomic E-state index is -1.31. The van der Waals surface area contributed by atoms with Crippen molar-refractivity contribution in [1.82, 2.24) is 8.68 Å². The van der Waals surface area contributed by atoms with Gasteiger partial charge in [0.15, 0.2) is 16.5 Å². The topological polar surface area (TPSA) is 9.14 Å². The second-order valence-electron chi connectivity index (χ2n) is 9.31. The van der Waals surface area contributed by atoms with E-state index in [-0.39, 0.29) is 0 Å². The summed E-state index contributed by atoms with van der Waals surface area (Å²) in [5.41, 5.74) is 0. The molecule has 0 aromatic heterocycles. The van der Waals surface area contributed by atoms with Gasteiger partial charge in [-0.1, -0.05) is 39.3 Å². The third-order valence-corrected chi connectivity index (χ3v) is 17.5. The predicted octanol–water partition coefficient (Wildman–Crippen LogP) is 4.68. The number of rotatable bonds is 5. The highest BCUT2D eigenvalue weighted by molar-refractivity contribution is 6.97. The molecule has 0 atom stereocenters. The normalized spacial score (nSPS) is 15.7. The van der Waals surface area contributed by atoms with Crippen molar-refractivity contribution in [3.63, 3.8) is 0 Å². The molecule has 0 amide bonds. The van der Waals surface area contributed by atoms with Crippen LogP contribution in [0.5, 0.6) is 0 Å². The standard InChI is InChI=1S/C12H36N2Si4/c1-15(2,3)13(16(4,5)6)14(17(7,8)9)18(10,11)12/h1-12H3/q+1. The molecule has 0 aliphatic carbocycles. The van der Waals surface area contributed by atoms with E-state index in [0.29, 0.717) is 0 Å². The van der Waals surface area contributed by atoms with Crippen LogP contribution in [0.4, 0.5) is 0 Å². The van der Waals surface area contributed by atoms with E-state index in [9.17, 15) is 0 Å². The molecule has 0 heterocycles. The maximum Gasteiger partial charge on any atom is 0.321 e. The van der Waals surface area contributed by atoms with Gasteiger partial charge in [0, 0.05) is 0 Å². The van der Waals surface area contributed by atoms with Crippen LogP contribution < -0.4 is 4.34 Å². The quantitative estimate of drug-likeness (QED) is 0.528. The molecular weight excluding hydrogens is 284 g/mol. The Bertz CT molecular complexity index is 220. The van der Waals surface area contributed by atoms with Crippen molar-refractivity contribution in [3.8, 4) is 0 Å². The minimum absolute atomic E-state index is 1.31. The van der Waals surface area contributed by atoms with Crippen LogP contribution in [-0.2, 0) is 0 Å². The summed E-state index contributed by atoms with van der Waals surface area (Å²) in [4.78, 5) is 0. The van der Waals surface area contributed by atoms with Crippen molar-refractivity contribution in [2.45, 2.75) is 78.6 Å². The highest BCUT2D eigenvalue weighted by Crippen LogP contribution is 2.29. The number of hydrazine groups is 1. The van der Waals surface area contributed by atoms with E-state index in [1.165, 1.54) is 0 Å². The highest BCUT2D eigenvalue weighted by Gasteiger charge is 2.56. The second kappa shape index (κ2) is 5.29. The summed E-state index contributed by atoms with van der Waals surface area (Å²) in [5, 5.41) is 0. The van der Waals surface area contributed by atoms with Crippen molar-refractivity contribution in [3.05, 3.63) is 0 Å². The van der Waals surface area contributed by atoms with Gasteiger partial charge in [-0.15, -0.1) is 0 Å². The van der Waals surface area contributed by atoms with Gasteiger partial charge in [0.05, 0.1) is 0 Å². The number of nitrogens with zero attached hydrogens (tertiary/aromatic N) is 2. The van der Waals surface area contributed by atoms with Gasteiger partial charge in [0.25, 0.3) is 0 Å². The Balaban J connectivity index is 5.84. The number of hydrogen-bond acceptors (Lipinski definition) is 2. The van der Waals surface area contributed by atoms with Crippen LogP contribution in [0, 0.1) is 0 Å². The largest absolute Gasteiger partial charge is 0.321 e. The zero-order valence-electron chi connectivity index (χ0n) is 14.9. The van der Waals surface area contributed by atoms with Gasteiger partial charge in [0.1, 0.15) is 0 Å². The first kappa shape index (κ1) is 18.8. The third-order valence-electron chi connectivity index (χ3n) is 2.74. The van der Waals surface area contributed by atoms with Gasteiger partial charge >= 0.3 is 16.5 Å². The molecule has 6 heteroatoms. The van der Waals surface area contributed by atoms with Crippen molar-refractivity contribution in [2.24, 2.45) is 0 Å². The minimum Gasteiger partial charge on any atom is -0.232 e. The smallest absolute Gasteiger partial charge is 0.232 e. The molecule has 0 rings (SSSR count). The monoisotopic (exact) mass is 320 g/mol. The van der Waals surface area contributed by atoms with Crippen LogP contribution in [0.3, 0.4) is 0 Å². The lowest BCUT2D eigenvalue weighted by Crippen LogP contribution is -2.80. The van der Waals surface area contributed by atoms with Crippen LogP contribution in [0.2, 0.25) is 78.6 Å². The molecule has 18 heavy (non-hydrogen) atoms. The fourth-order valence-electron chi connectivity index (χ4n) is 3.21. The van der Waals surface area contributed by atoms with Gasteiger partial charge in [0.2, 0.25) is 0 Å². The Hall–Kier alpha value is 0.788. The zero-order chi connectivity index (χ0) is 15.2. The molecule has 0 N–H and O–H groups in total. The lowest BCUT2D eigenvalue weighted by Gasteiger charge is -2.51. The summed E-state index contributed by atoms with van der Waals surface area (Å²) in [6.45, 7) is 30.1. The van der Waals surface area contributed by atoms with E-state index in [0.717, 1.165) is 0 Å².